The van der Waals surface area contributed by atoms with E-state index in [1.807, 2.05) is 6.92 Å². The van der Waals surface area contributed by atoms with E-state index < -0.39 is 0 Å². The number of ether oxygens (including phenoxy) is 2. The fourth-order valence-electron chi connectivity index (χ4n) is 1.45. The molecule has 0 amide bonds. The molecule has 0 radical (unpaired) electrons. The Morgan fingerprint density at radius 2 is 1.69 bits per heavy atom. The van der Waals surface area contributed by atoms with Crippen LogP contribution in [-0.4, -0.2) is 25.3 Å². The molecule has 0 heterocycles. The number of carbonyl (C=O) groups is 1. The van der Waals surface area contributed by atoms with Crippen LogP contribution in [0, 0.1) is 0 Å². The van der Waals surface area contributed by atoms with Crippen LogP contribution in [0.15, 0.2) is 0 Å². The summed E-state index contributed by atoms with van der Waals surface area (Å²) in [5.74, 6) is -0.0642. The molecule has 0 spiro atoms. The molecule has 0 aliphatic carbocycles. The van der Waals surface area contributed by atoms with Crippen molar-refractivity contribution in [2.45, 2.75) is 65.4 Å². The molecule has 96 valence electrons. The molecule has 0 N–H and O–H groups in total. The van der Waals surface area contributed by atoms with E-state index in [2.05, 4.69) is 13.8 Å². The van der Waals surface area contributed by atoms with Crippen molar-refractivity contribution < 1.29 is 14.3 Å². The van der Waals surface area contributed by atoms with E-state index in [0.29, 0.717) is 19.1 Å². The predicted octanol–water partition coefficient (Wildman–Crippen LogP) is 3.32. The predicted molar refractivity (Wildman–Crippen MR) is 65.4 cm³/mol. The van der Waals surface area contributed by atoms with E-state index in [0.717, 1.165) is 25.9 Å². The summed E-state index contributed by atoms with van der Waals surface area (Å²) >= 11 is 0. The van der Waals surface area contributed by atoms with Gasteiger partial charge < -0.3 is 9.47 Å². The fraction of sp³-hybridized carbons (Fsp3) is 0.923. The van der Waals surface area contributed by atoms with Crippen LogP contribution in [0.2, 0.25) is 0 Å². The minimum absolute atomic E-state index is 0.0642. The molecular weight excluding hydrogens is 204 g/mol. The average molecular weight is 230 g/mol. The molecule has 0 aromatic rings. The van der Waals surface area contributed by atoms with Gasteiger partial charge in [0, 0.05) is 13.0 Å². The Labute approximate surface area is 99.5 Å². The molecule has 0 aliphatic rings. The molecular formula is C13H26O3. The van der Waals surface area contributed by atoms with E-state index >= 15 is 0 Å². The summed E-state index contributed by atoms with van der Waals surface area (Å²) in [5.41, 5.74) is 0. The molecule has 0 saturated heterocycles. The Morgan fingerprint density at radius 1 is 1.06 bits per heavy atom. The monoisotopic (exact) mass is 230 g/mol. The fourth-order valence-corrected chi connectivity index (χ4v) is 1.45. The van der Waals surface area contributed by atoms with Crippen molar-refractivity contribution in [2.24, 2.45) is 0 Å². The third kappa shape index (κ3) is 11.5. The molecule has 16 heavy (non-hydrogen) atoms. The van der Waals surface area contributed by atoms with Gasteiger partial charge in [0.15, 0.2) is 0 Å². The van der Waals surface area contributed by atoms with Gasteiger partial charge in [-0.05, 0) is 33.6 Å². The maximum atomic E-state index is 11.0. The number of rotatable bonds is 10. The van der Waals surface area contributed by atoms with E-state index in [9.17, 15) is 4.79 Å². The van der Waals surface area contributed by atoms with Crippen molar-refractivity contribution >= 4 is 5.97 Å². The van der Waals surface area contributed by atoms with Crippen molar-refractivity contribution in [3.63, 3.8) is 0 Å². The normalized spacial score (nSPS) is 10.8. The number of esters is 1. The van der Waals surface area contributed by atoms with Crippen LogP contribution >= 0.6 is 0 Å². The van der Waals surface area contributed by atoms with Gasteiger partial charge in [0.1, 0.15) is 0 Å². The summed E-state index contributed by atoms with van der Waals surface area (Å²) in [5, 5.41) is 0. The molecule has 3 nitrogen and oxygen atoms in total. The smallest absolute Gasteiger partial charge is 0.305 e. The van der Waals surface area contributed by atoms with Crippen molar-refractivity contribution in [2.75, 3.05) is 13.2 Å². The number of hydrogen-bond donors (Lipinski definition) is 0. The van der Waals surface area contributed by atoms with E-state index in [-0.39, 0.29) is 5.97 Å². The van der Waals surface area contributed by atoms with Crippen molar-refractivity contribution in [3.05, 3.63) is 0 Å². The van der Waals surface area contributed by atoms with Gasteiger partial charge in [-0.15, -0.1) is 0 Å². The standard InChI is InChI=1S/C13H26O3/c1-4-15-13(14)10-8-6-5-7-9-11-16-12(2)3/h12H,4-11H2,1-3H3. The molecule has 0 atom stereocenters. The zero-order chi connectivity index (χ0) is 12.2. The highest BCUT2D eigenvalue weighted by Crippen LogP contribution is 2.06. The molecule has 0 bridgehead atoms. The Balaban J connectivity index is 3.07. The van der Waals surface area contributed by atoms with Crippen LogP contribution in [0.25, 0.3) is 0 Å². The van der Waals surface area contributed by atoms with Gasteiger partial charge in [0.05, 0.1) is 12.7 Å². The largest absolute Gasteiger partial charge is 0.466 e. The molecule has 0 aromatic carbocycles. The van der Waals surface area contributed by atoms with Crippen LogP contribution < -0.4 is 0 Å². The van der Waals surface area contributed by atoms with Crippen molar-refractivity contribution in [3.8, 4) is 0 Å². The van der Waals surface area contributed by atoms with Gasteiger partial charge in [-0.3, -0.25) is 4.79 Å². The Hall–Kier alpha value is -0.570. The second-order valence-electron chi connectivity index (χ2n) is 4.24. The first-order valence-electron chi connectivity index (χ1n) is 6.44. The Morgan fingerprint density at radius 3 is 2.31 bits per heavy atom. The minimum atomic E-state index is -0.0642. The lowest BCUT2D eigenvalue weighted by molar-refractivity contribution is -0.143. The van der Waals surface area contributed by atoms with Crippen LogP contribution in [0.5, 0.6) is 0 Å². The summed E-state index contributed by atoms with van der Waals surface area (Å²) in [7, 11) is 0. The quantitative estimate of drug-likeness (QED) is 0.426. The van der Waals surface area contributed by atoms with E-state index in [1.165, 1.54) is 12.8 Å². The Kier molecular flexibility index (Phi) is 10.5. The summed E-state index contributed by atoms with van der Waals surface area (Å²) in [6.07, 6.45) is 6.46. The van der Waals surface area contributed by atoms with Crippen LogP contribution in [0.3, 0.4) is 0 Å². The van der Waals surface area contributed by atoms with Crippen LogP contribution in [0.4, 0.5) is 0 Å². The highest BCUT2D eigenvalue weighted by Gasteiger charge is 2.00. The van der Waals surface area contributed by atoms with Crippen molar-refractivity contribution in [1.29, 1.82) is 0 Å². The maximum absolute atomic E-state index is 11.0. The number of hydrogen-bond acceptors (Lipinski definition) is 3. The summed E-state index contributed by atoms with van der Waals surface area (Å²) < 4.78 is 10.3. The lowest BCUT2D eigenvalue weighted by atomic mass is 10.1. The summed E-state index contributed by atoms with van der Waals surface area (Å²) in [6.45, 7) is 7.30. The van der Waals surface area contributed by atoms with Crippen LogP contribution in [0.1, 0.15) is 59.3 Å². The van der Waals surface area contributed by atoms with Gasteiger partial charge in [-0.2, -0.15) is 0 Å². The zero-order valence-corrected chi connectivity index (χ0v) is 11.0. The zero-order valence-electron chi connectivity index (χ0n) is 11.0. The average Bonchev–Trinajstić information content (AvgIpc) is 2.22. The first kappa shape index (κ1) is 15.4. The molecule has 0 aromatic heterocycles. The third-order valence-corrected chi connectivity index (χ3v) is 2.28. The van der Waals surface area contributed by atoms with Gasteiger partial charge in [0.25, 0.3) is 0 Å². The molecule has 3 heteroatoms. The molecule has 0 unspecified atom stereocenters. The highest BCUT2D eigenvalue weighted by atomic mass is 16.5. The highest BCUT2D eigenvalue weighted by molar-refractivity contribution is 5.69. The van der Waals surface area contributed by atoms with E-state index in [1.54, 1.807) is 0 Å². The Bertz CT molecular complexity index is 167. The molecule has 0 fully saturated rings. The molecule has 0 saturated carbocycles. The minimum Gasteiger partial charge on any atom is -0.466 e. The van der Waals surface area contributed by atoms with Gasteiger partial charge in [-0.1, -0.05) is 19.3 Å². The van der Waals surface area contributed by atoms with Gasteiger partial charge in [-0.25, -0.2) is 0 Å². The second kappa shape index (κ2) is 10.9. The lowest BCUT2D eigenvalue weighted by Gasteiger charge is -2.06. The summed E-state index contributed by atoms with van der Waals surface area (Å²) in [6, 6.07) is 0. The lowest BCUT2D eigenvalue weighted by Crippen LogP contribution is -2.04. The summed E-state index contributed by atoms with van der Waals surface area (Å²) in [4.78, 5) is 11.0. The van der Waals surface area contributed by atoms with Crippen LogP contribution in [-0.2, 0) is 14.3 Å². The molecule has 0 rings (SSSR count). The van der Waals surface area contributed by atoms with Gasteiger partial charge >= 0.3 is 5.97 Å². The van der Waals surface area contributed by atoms with E-state index in [4.69, 9.17) is 9.47 Å². The topological polar surface area (TPSA) is 35.5 Å². The molecule has 0 aliphatic heterocycles. The first-order valence-corrected chi connectivity index (χ1v) is 6.44. The third-order valence-electron chi connectivity index (χ3n) is 2.28. The number of unbranched alkanes of at least 4 members (excludes halogenated alkanes) is 4. The second-order valence-corrected chi connectivity index (χ2v) is 4.24. The number of carbonyl (C=O) groups excluding carboxylic acids is 1. The first-order chi connectivity index (χ1) is 7.66. The maximum Gasteiger partial charge on any atom is 0.305 e. The van der Waals surface area contributed by atoms with Crippen molar-refractivity contribution in [1.82, 2.24) is 0 Å². The SMILES string of the molecule is CCOC(=O)CCCCCCCOC(C)C. The van der Waals surface area contributed by atoms with Gasteiger partial charge in [0.2, 0.25) is 0 Å².